The van der Waals surface area contributed by atoms with Crippen LogP contribution in [0.15, 0.2) is 24.3 Å². The second-order valence-electron chi connectivity index (χ2n) is 3.35. The number of rotatable bonds is 3. The maximum atomic E-state index is 12.6. The molecule has 0 amide bonds. The van der Waals surface area contributed by atoms with Crippen LogP contribution in [0.3, 0.4) is 0 Å². The second kappa shape index (κ2) is 5.63. The Kier molecular flexibility index (Phi) is 4.45. The van der Waals surface area contributed by atoms with Gasteiger partial charge >= 0.3 is 0 Å². The summed E-state index contributed by atoms with van der Waals surface area (Å²) >= 11 is 4.86. The molecule has 0 bridgehead atoms. The van der Waals surface area contributed by atoms with Crippen LogP contribution in [0.25, 0.3) is 0 Å². The fraction of sp³-hybridized carbons (Fsp3) is 0.300. The van der Waals surface area contributed by atoms with Gasteiger partial charge in [-0.2, -0.15) is 0 Å². The lowest BCUT2D eigenvalue weighted by Crippen LogP contribution is -2.44. The molecule has 4 N–H and O–H groups in total. The van der Waals surface area contributed by atoms with Gasteiger partial charge in [0.05, 0.1) is 0 Å². The molecule has 3 nitrogen and oxygen atoms in total. The number of hydrogen-bond acceptors (Lipinski definition) is 2. The fourth-order valence-corrected chi connectivity index (χ4v) is 1.49. The molecule has 1 unspecified atom stereocenters. The van der Waals surface area contributed by atoms with Crippen molar-refractivity contribution in [2.75, 3.05) is 0 Å². The minimum absolute atomic E-state index is 0.152. The highest BCUT2D eigenvalue weighted by molar-refractivity contribution is 7.80. The van der Waals surface area contributed by atoms with E-state index in [1.807, 2.05) is 6.92 Å². The minimum Gasteiger partial charge on any atom is -0.359 e. The minimum atomic E-state index is -0.224. The van der Waals surface area contributed by atoms with E-state index in [-0.39, 0.29) is 11.9 Å². The van der Waals surface area contributed by atoms with Crippen molar-refractivity contribution in [3.63, 3.8) is 0 Å². The first-order chi connectivity index (χ1) is 7.11. The highest BCUT2D eigenvalue weighted by Gasteiger charge is 2.04. The summed E-state index contributed by atoms with van der Waals surface area (Å²) in [6, 6.07) is 6.56. The molecule has 0 radical (unpaired) electrons. The number of nitrogens with two attached hydrogens (primary N) is 1. The van der Waals surface area contributed by atoms with Crippen LogP contribution < -0.4 is 16.6 Å². The van der Waals surface area contributed by atoms with E-state index in [0.717, 1.165) is 12.0 Å². The van der Waals surface area contributed by atoms with Crippen molar-refractivity contribution in [3.05, 3.63) is 35.6 Å². The molecular weight excluding hydrogens is 213 g/mol. The standard InChI is InChI=1S/C10H14FN3S/c1-7(13-10(15)14-12)6-8-2-4-9(11)5-3-8/h2-5,7H,6,12H2,1H3,(H2,13,14,15). The van der Waals surface area contributed by atoms with Crippen molar-refractivity contribution in [1.29, 1.82) is 0 Å². The van der Waals surface area contributed by atoms with Crippen LogP contribution in [0, 0.1) is 5.82 Å². The largest absolute Gasteiger partial charge is 0.359 e. The summed E-state index contributed by atoms with van der Waals surface area (Å²) in [6.07, 6.45) is 0.766. The first kappa shape index (κ1) is 11.9. The quantitative estimate of drug-likeness (QED) is 0.411. The first-order valence-electron chi connectivity index (χ1n) is 4.63. The summed E-state index contributed by atoms with van der Waals surface area (Å²) in [7, 11) is 0. The van der Waals surface area contributed by atoms with Gasteiger partial charge in [-0.1, -0.05) is 12.1 Å². The zero-order valence-corrected chi connectivity index (χ0v) is 9.27. The third kappa shape index (κ3) is 4.22. The van der Waals surface area contributed by atoms with Crippen molar-refractivity contribution in [1.82, 2.24) is 10.7 Å². The molecule has 0 aliphatic heterocycles. The van der Waals surface area contributed by atoms with Crippen LogP contribution in [0.4, 0.5) is 4.39 Å². The van der Waals surface area contributed by atoms with E-state index < -0.39 is 0 Å². The number of thiocarbonyl (C=S) groups is 1. The van der Waals surface area contributed by atoms with Crippen molar-refractivity contribution in [3.8, 4) is 0 Å². The molecule has 0 fully saturated rings. The van der Waals surface area contributed by atoms with E-state index in [9.17, 15) is 4.39 Å². The van der Waals surface area contributed by atoms with Crippen LogP contribution in [0.1, 0.15) is 12.5 Å². The van der Waals surface area contributed by atoms with Gasteiger partial charge in [-0.3, -0.25) is 0 Å². The van der Waals surface area contributed by atoms with E-state index in [1.165, 1.54) is 12.1 Å². The number of halogens is 1. The predicted octanol–water partition coefficient (Wildman–Crippen LogP) is 1.09. The maximum absolute atomic E-state index is 12.6. The number of hydrogen-bond donors (Lipinski definition) is 3. The molecule has 1 aromatic rings. The van der Waals surface area contributed by atoms with Gasteiger partial charge in [0.2, 0.25) is 0 Å². The Labute approximate surface area is 93.8 Å². The van der Waals surface area contributed by atoms with Crippen LogP contribution in [-0.2, 0) is 6.42 Å². The summed E-state index contributed by atoms with van der Waals surface area (Å²) < 4.78 is 12.6. The molecule has 0 spiro atoms. The van der Waals surface area contributed by atoms with Gasteiger partial charge in [0.15, 0.2) is 5.11 Å². The smallest absolute Gasteiger partial charge is 0.180 e. The Morgan fingerprint density at radius 3 is 2.60 bits per heavy atom. The summed E-state index contributed by atoms with van der Waals surface area (Å²) in [5.41, 5.74) is 3.40. The average molecular weight is 227 g/mol. The van der Waals surface area contributed by atoms with Gasteiger partial charge in [-0.25, -0.2) is 10.2 Å². The van der Waals surface area contributed by atoms with E-state index >= 15 is 0 Å². The van der Waals surface area contributed by atoms with Gasteiger partial charge in [0.25, 0.3) is 0 Å². The molecule has 1 atom stereocenters. The molecule has 1 rings (SSSR count). The average Bonchev–Trinajstić information content (AvgIpc) is 2.21. The van der Waals surface area contributed by atoms with E-state index in [0.29, 0.717) is 5.11 Å². The zero-order chi connectivity index (χ0) is 11.3. The fourth-order valence-electron chi connectivity index (χ4n) is 1.29. The van der Waals surface area contributed by atoms with Gasteiger partial charge in [-0.15, -0.1) is 0 Å². The van der Waals surface area contributed by atoms with Crippen molar-refractivity contribution < 1.29 is 4.39 Å². The Morgan fingerprint density at radius 1 is 1.47 bits per heavy atom. The van der Waals surface area contributed by atoms with Gasteiger partial charge < -0.3 is 10.7 Å². The van der Waals surface area contributed by atoms with Crippen LogP contribution in [0.5, 0.6) is 0 Å². The Hall–Kier alpha value is -1.20. The molecule has 0 saturated carbocycles. The molecule has 0 heterocycles. The lowest BCUT2D eigenvalue weighted by molar-refractivity contribution is 0.622. The lowest BCUT2D eigenvalue weighted by atomic mass is 10.1. The highest BCUT2D eigenvalue weighted by Crippen LogP contribution is 2.05. The SMILES string of the molecule is CC(Cc1ccc(F)cc1)NC(=S)NN. The normalized spacial score (nSPS) is 11.9. The molecule has 82 valence electrons. The second-order valence-corrected chi connectivity index (χ2v) is 3.76. The Bertz CT molecular complexity index is 326. The predicted molar refractivity (Wildman–Crippen MR) is 62.6 cm³/mol. The molecule has 5 heteroatoms. The van der Waals surface area contributed by atoms with Gasteiger partial charge in [0, 0.05) is 6.04 Å². The first-order valence-corrected chi connectivity index (χ1v) is 5.04. The highest BCUT2D eigenvalue weighted by atomic mass is 32.1. The summed E-state index contributed by atoms with van der Waals surface area (Å²) in [5, 5.41) is 3.40. The molecule has 0 saturated heterocycles. The number of nitrogens with one attached hydrogen (secondary N) is 2. The van der Waals surface area contributed by atoms with E-state index in [2.05, 4.69) is 10.7 Å². The van der Waals surface area contributed by atoms with Gasteiger partial charge in [-0.05, 0) is 43.3 Å². The summed E-state index contributed by atoms with van der Waals surface area (Å²) in [5.74, 6) is 4.91. The number of hydrazine groups is 1. The van der Waals surface area contributed by atoms with Crippen LogP contribution in [0.2, 0.25) is 0 Å². The molecule has 0 aliphatic carbocycles. The third-order valence-electron chi connectivity index (χ3n) is 1.96. The van der Waals surface area contributed by atoms with Crippen molar-refractivity contribution in [2.45, 2.75) is 19.4 Å². The molecule has 0 aromatic heterocycles. The molecular formula is C10H14FN3S. The lowest BCUT2D eigenvalue weighted by Gasteiger charge is -2.15. The van der Waals surface area contributed by atoms with Crippen LogP contribution >= 0.6 is 12.2 Å². The van der Waals surface area contributed by atoms with Crippen molar-refractivity contribution >= 4 is 17.3 Å². The van der Waals surface area contributed by atoms with Crippen molar-refractivity contribution in [2.24, 2.45) is 5.84 Å². The zero-order valence-electron chi connectivity index (χ0n) is 8.46. The molecule has 0 aliphatic rings. The number of benzene rings is 1. The topological polar surface area (TPSA) is 50.1 Å². The Balaban J connectivity index is 2.47. The monoisotopic (exact) mass is 227 g/mol. The maximum Gasteiger partial charge on any atom is 0.180 e. The third-order valence-corrected chi connectivity index (χ3v) is 2.20. The van der Waals surface area contributed by atoms with E-state index in [4.69, 9.17) is 18.1 Å². The molecule has 1 aromatic carbocycles. The van der Waals surface area contributed by atoms with E-state index in [1.54, 1.807) is 12.1 Å². The summed E-state index contributed by atoms with van der Waals surface area (Å²) in [4.78, 5) is 0. The van der Waals surface area contributed by atoms with Gasteiger partial charge in [0.1, 0.15) is 5.82 Å². The molecule has 15 heavy (non-hydrogen) atoms. The van der Waals surface area contributed by atoms with Crippen LogP contribution in [-0.4, -0.2) is 11.2 Å². The summed E-state index contributed by atoms with van der Waals surface area (Å²) in [6.45, 7) is 1.98. The Morgan fingerprint density at radius 2 is 2.07 bits per heavy atom.